The third-order valence-electron chi connectivity index (χ3n) is 5.33. The van der Waals surface area contributed by atoms with Crippen LogP contribution < -0.4 is 10.6 Å². The topological polar surface area (TPSA) is 78.4 Å². The van der Waals surface area contributed by atoms with Gasteiger partial charge in [-0.2, -0.15) is 0 Å². The number of rotatable bonds is 18. The van der Waals surface area contributed by atoms with Crippen LogP contribution in [-0.4, -0.2) is 23.5 Å². The zero-order valence-corrected chi connectivity index (χ0v) is 18.9. The molecule has 5 heteroatoms. The fourth-order valence-electron chi connectivity index (χ4n) is 3.48. The lowest BCUT2D eigenvalue weighted by atomic mass is 10.0. The summed E-state index contributed by atoms with van der Waals surface area (Å²) in [4.78, 5) is 23.7. The number of phenols is 1. The number of nitrogens with one attached hydrogen (secondary N) is 2. The maximum Gasteiger partial charge on any atom is 0.226 e. The molecule has 0 fully saturated rings. The SMILES string of the molecule is CCCCCCCCCCCCCCCC(=O)NCCC(=O)Nc1ccc(O)cc1. The predicted octanol–water partition coefficient (Wildman–Crippen LogP) is 6.32. The first-order valence-corrected chi connectivity index (χ1v) is 12.0. The van der Waals surface area contributed by atoms with E-state index >= 15 is 0 Å². The summed E-state index contributed by atoms with van der Waals surface area (Å²) in [7, 11) is 0. The number of aromatic hydroxyl groups is 1. The molecule has 0 saturated heterocycles. The van der Waals surface area contributed by atoms with E-state index in [0.717, 1.165) is 12.8 Å². The van der Waals surface area contributed by atoms with Gasteiger partial charge in [-0.3, -0.25) is 9.59 Å². The first-order chi connectivity index (χ1) is 14.6. The van der Waals surface area contributed by atoms with Gasteiger partial charge >= 0.3 is 0 Å². The highest BCUT2D eigenvalue weighted by atomic mass is 16.3. The average molecular weight is 419 g/mol. The number of carbonyl (C=O) groups is 2. The molecule has 0 bridgehead atoms. The quantitative estimate of drug-likeness (QED) is 0.193. The maximum atomic E-state index is 11.9. The number of phenolic OH excluding ortho intramolecular Hbond substituents is 1. The Balaban J connectivity index is 1.87. The summed E-state index contributed by atoms with van der Waals surface area (Å²) in [5.41, 5.74) is 0.635. The van der Waals surface area contributed by atoms with E-state index in [-0.39, 0.29) is 24.0 Å². The molecule has 0 spiro atoms. The Kier molecular flexibility index (Phi) is 15.4. The summed E-state index contributed by atoms with van der Waals surface area (Å²) < 4.78 is 0. The van der Waals surface area contributed by atoms with Crippen molar-refractivity contribution in [3.8, 4) is 5.75 Å². The molecule has 1 aromatic carbocycles. The lowest BCUT2D eigenvalue weighted by molar-refractivity contribution is -0.121. The molecule has 0 saturated carbocycles. The summed E-state index contributed by atoms with van der Waals surface area (Å²) in [5, 5.41) is 14.8. The summed E-state index contributed by atoms with van der Waals surface area (Å²) in [6.45, 7) is 2.61. The summed E-state index contributed by atoms with van der Waals surface area (Å²) >= 11 is 0. The highest BCUT2D eigenvalue weighted by Gasteiger charge is 2.05. The smallest absolute Gasteiger partial charge is 0.226 e. The van der Waals surface area contributed by atoms with E-state index in [1.807, 2.05) is 0 Å². The van der Waals surface area contributed by atoms with Gasteiger partial charge in [0.05, 0.1) is 0 Å². The van der Waals surface area contributed by atoms with Gasteiger partial charge < -0.3 is 15.7 Å². The zero-order valence-electron chi connectivity index (χ0n) is 18.9. The first-order valence-electron chi connectivity index (χ1n) is 12.0. The van der Waals surface area contributed by atoms with Crippen molar-refractivity contribution in [1.29, 1.82) is 0 Å². The largest absolute Gasteiger partial charge is 0.508 e. The van der Waals surface area contributed by atoms with Crippen molar-refractivity contribution >= 4 is 17.5 Å². The molecular formula is C25H42N2O3. The standard InChI is InChI=1S/C25H42N2O3/c1-2-3-4-5-6-7-8-9-10-11-12-13-14-15-24(29)26-21-20-25(30)27-22-16-18-23(28)19-17-22/h16-19,28H,2-15,20-21H2,1H3,(H,26,29)(H,27,30). The Hall–Kier alpha value is -2.04. The van der Waals surface area contributed by atoms with E-state index in [2.05, 4.69) is 17.6 Å². The van der Waals surface area contributed by atoms with Crippen LogP contribution in [0.3, 0.4) is 0 Å². The Morgan fingerprint density at radius 1 is 0.700 bits per heavy atom. The normalized spacial score (nSPS) is 10.7. The Morgan fingerprint density at radius 2 is 1.20 bits per heavy atom. The maximum absolute atomic E-state index is 11.9. The summed E-state index contributed by atoms with van der Waals surface area (Å²) in [6.07, 6.45) is 17.6. The first kappa shape index (κ1) is 26.0. The molecule has 30 heavy (non-hydrogen) atoms. The predicted molar refractivity (Wildman–Crippen MR) is 125 cm³/mol. The van der Waals surface area contributed by atoms with Crippen LogP contribution in [0.4, 0.5) is 5.69 Å². The molecular weight excluding hydrogens is 376 g/mol. The molecule has 0 heterocycles. The van der Waals surface area contributed by atoms with E-state index in [4.69, 9.17) is 0 Å². The number of hydrogen-bond donors (Lipinski definition) is 3. The molecule has 170 valence electrons. The van der Waals surface area contributed by atoms with Gasteiger partial charge in [-0.1, -0.05) is 84.0 Å². The molecule has 0 atom stereocenters. The van der Waals surface area contributed by atoms with Crippen molar-refractivity contribution in [1.82, 2.24) is 5.32 Å². The van der Waals surface area contributed by atoms with Crippen LogP contribution in [0.5, 0.6) is 5.75 Å². The molecule has 0 unspecified atom stereocenters. The van der Waals surface area contributed by atoms with Crippen LogP contribution in [0.25, 0.3) is 0 Å². The van der Waals surface area contributed by atoms with Crippen molar-refractivity contribution in [3.05, 3.63) is 24.3 Å². The lowest BCUT2D eigenvalue weighted by Gasteiger charge is -2.07. The van der Waals surface area contributed by atoms with Crippen molar-refractivity contribution in [3.63, 3.8) is 0 Å². The molecule has 1 rings (SSSR count). The Morgan fingerprint density at radius 3 is 1.73 bits per heavy atom. The van der Waals surface area contributed by atoms with E-state index in [1.165, 1.54) is 82.8 Å². The number of benzene rings is 1. The van der Waals surface area contributed by atoms with Crippen molar-refractivity contribution in [2.24, 2.45) is 0 Å². The highest BCUT2D eigenvalue weighted by molar-refractivity contribution is 5.91. The number of anilines is 1. The van der Waals surface area contributed by atoms with E-state index in [9.17, 15) is 14.7 Å². The third-order valence-corrected chi connectivity index (χ3v) is 5.33. The van der Waals surface area contributed by atoms with Crippen LogP contribution in [-0.2, 0) is 9.59 Å². The van der Waals surface area contributed by atoms with Gasteiger partial charge in [0.1, 0.15) is 5.75 Å². The Labute approximate surface area is 183 Å². The van der Waals surface area contributed by atoms with Crippen LogP contribution >= 0.6 is 0 Å². The second-order valence-electron chi connectivity index (χ2n) is 8.19. The molecule has 0 aliphatic rings. The highest BCUT2D eigenvalue weighted by Crippen LogP contribution is 2.14. The van der Waals surface area contributed by atoms with E-state index in [1.54, 1.807) is 12.1 Å². The summed E-state index contributed by atoms with van der Waals surface area (Å²) in [5.74, 6) is 0.0332. The number of carbonyl (C=O) groups excluding carboxylic acids is 2. The second-order valence-corrected chi connectivity index (χ2v) is 8.19. The van der Waals surface area contributed by atoms with Crippen LogP contribution in [0.1, 0.15) is 103 Å². The molecule has 1 aromatic rings. The summed E-state index contributed by atoms with van der Waals surface area (Å²) in [6, 6.07) is 6.32. The number of hydrogen-bond acceptors (Lipinski definition) is 3. The van der Waals surface area contributed by atoms with Gasteiger partial charge in [0, 0.05) is 25.1 Å². The van der Waals surface area contributed by atoms with Crippen molar-refractivity contribution < 1.29 is 14.7 Å². The minimum Gasteiger partial charge on any atom is -0.508 e. The van der Waals surface area contributed by atoms with Crippen LogP contribution in [0.15, 0.2) is 24.3 Å². The number of unbranched alkanes of at least 4 members (excludes halogenated alkanes) is 12. The van der Waals surface area contributed by atoms with Crippen LogP contribution in [0.2, 0.25) is 0 Å². The molecule has 0 aliphatic carbocycles. The number of amides is 2. The van der Waals surface area contributed by atoms with Crippen LogP contribution in [0, 0.1) is 0 Å². The van der Waals surface area contributed by atoms with Gasteiger partial charge in [0.25, 0.3) is 0 Å². The van der Waals surface area contributed by atoms with Gasteiger partial charge in [-0.15, -0.1) is 0 Å². The van der Waals surface area contributed by atoms with Crippen molar-refractivity contribution in [2.75, 3.05) is 11.9 Å². The molecule has 0 aliphatic heterocycles. The van der Waals surface area contributed by atoms with Gasteiger partial charge in [0.2, 0.25) is 11.8 Å². The van der Waals surface area contributed by atoms with E-state index < -0.39 is 0 Å². The van der Waals surface area contributed by atoms with E-state index in [0.29, 0.717) is 18.7 Å². The van der Waals surface area contributed by atoms with Crippen molar-refractivity contribution in [2.45, 2.75) is 103 Å². The molecule has 3 N–H and O–H groups in total. The Bertz CT molecular complexity index is 572. The minimum absolute atomic E-state index is 0.0236. The second kappa shape index (κ2) is 17.8. The molecule has 5 nitrogen and oxygen atoms in total. The third kappa shape index (κ3) is 14.9. The van der Waals surface area contributed by atoms with Gasteiger partial charge in [-0.05, 0) is 30.7 Å². The molecule has 0 radical (unpaired) electrons. The average Bonchev–Trinajstić information content (AvgIpc) is 2.73. The van der Waals surface area contributed by atoms with Gasteiger partial charge in [-0.25, -0.2) is 0 Å². The fourth-order valence-corrected chi connectivity index (χ4v) is 3.48. The zero-order chi connectivity index (χ0) is 21.9. The fraction of sp³-hybridized carbons (Fsp3) is 0.680. The monoisotopic (exact) mass is 418 g/mol. The minimum atomic E-state index is -0.151. The molecule has 0 aromatic heterocycles. The van der Waals surface area contributed by atoms with Gasteiger partial charge in [0.15, 0.2) is 0 Å². The lowest BCUT2D eigenvalue weighted by Crippen LogP contribution is -2.27. The molecule has 2 amide bonds.